The van der Waals surface area contributed by atoms with Gasteiger partial charge in [0.15, 0.2) is 0 Å². The highest BCUT2D eigenvalue weighted by Crippen LogP contribution is 2.33. The molecule has 0 aliphatic heterocycles. The number of rotatable bonds is 4. The van der Waals surface area contributed by atoms with E-state index in [2.05, 4.69) is 21.2 Å². The van der Waals surface area contributed by atoms with E-state index in [4.69, 9.17) is 11.6 Å². The van der Waals surface area contributed by atoms with Crippen molar-refractivity contribution in [1.29, 1.82) is 0 Å². The summed E-state index contributed by atoms with van der Waals surface area (Å²) in [6.07, 6.45) is 0.919. The Kier molecular flexibility index (Phi) is 5.09. The Hall–Kier alpha value is -0.0600. The van der Waals surface area contributed by atoms with Gasteiger partial charge in [0, 0.05) is 20.8 Å². The molecule has 1 heterocycles. The van der Waals surface area contributed by atoms with Gasteiger partial charge >= 0.3 is 0 Å². The van der Waals surface area contributed by atoms with Crippen LogP contribution in [-0.2, 0) is 4.79 Å². The molecule has 0 aromatic carbocycles. The third-order valence-corrected chi connectivity index (χ3v) is 4.67. The minimum atomic E-state index is -0.577. The van der Waals surface area contributed by atoms with Gasteiger partial charge in [0.25, 0.3) is 0 Å². The Bertz CT molecular complexity index is 334. The van der Waals surface area contributed by atoms with E-state index in [0.717, 1.165) is 20.6 Å². The molecule has 1 aromatic heterocycles. The zero-order valence-electron chi connectivity index (χ0n) is 8.64. The molecule has 0 fully saturated rings. The van der Waals surface area contributed by atoms with E-state index in [1.165, 1.54) is 0 Å². The molecule has 5 heteroatoms. The monoisotopic (exact) mass is 309 g/mol. The van der Waals surface area contributed by atoms with Gasteiger partial charge in [-0.3, -0.25) is 4.79 Å². The Balaban J connectivity index is 2.67. The summed E-state index contributed by atoms with van der Waals surface area (Å²) in [5.74, 6) is -0.118. The van der Waals surface area contributed by atoms with Gasteiger partial charge in [-0.25, -0.2) is 0 Å². The highest BCUT2D eigenvalue weighted by Gasteiger charge is 2.19. The molecule has 84 valence electrons. The SMILES string of the molecule is CCCNC(=O)C(Cl)c1cc(Br)c(C)s1. The lowest BCUT2D eigenvalue weighted by molar-refractivity contribution is -0.120. The van der Waals surface area contributed by atoms with Gasteiger partial charge in [-0.1, -0.05) is 6.92 Å². The van der Waals surface area contributed by atoms with Gasteiger partial charge < -0.3 is 5.32 Å². The van der Waals surface area contributed by atoms with Crippen LogP contribution in [0.15, 0.2) is 10.5 Å². The number of aryl methyl sites for hydroxylation is 1. The molecule has 1 atom stereocenters. The number of thiophene rings is 1. The number of halogens is 2. The highest BCUT2D eigenvalue weighted by molar-refractivity contribution is 9.10. The first-order valence-electron chi connectivity index (χ1n) is 4.73. The molecule has 1 rings (SSSR count). The van der Waals surface area contributed by atoms with Crippen molar-refractivity contribution in [3.63, 3.8) is 0 Å². The maximum Gasteiger partial charge on any atom is 0.243 e. The minimum absolute atomic E-state index is 0.118. The van der Waals surface area contributed by atoms with Crippen LogP contribution in [0, 0.1) is 6.92 Å². The number of carbonyl (C=O) groups is 1. The standard InChI is InChI=1S/C10H13BrClNOS/c1-3-4-13-10(14)9(12)8-5-7(11)6(2)15-8/h5,9H,3-4H2,1-2H3,(H,13,14). The molecule has 1 amide bonds. The third kappa shape index (κ3) is 3.47. The molecule has 2 nitrogen and oxygen atoms in total. The molecular weight excluding hydrogens is 298 g/mol. The molecule has 0 spiro atoms. The molecule has 1 aromatic rings. The largest absolute Gasteiger partial charge is 0.355 e. The zero-order valence-corrected chi connectivity index (χ0v) is 11.8. The zero-order chi connectivity index (χ0) is 11.4. The van der Waals surface area contributed by atoms with E-state index in [0.29, 0.717) is 6.54 Å². The number of hydrogen-bond donors (Lipinski definition) is 1. The van der Waals surface area contributed by atoms with Crippen LogP contribution >= 0.6 is 38.9 Å². The van der Waals surface area contributed by atoms with E-state index in [9.17, 15) is 4.79 Å². The van der Waals surface area contributed by atoms with Crippen LogP contribution in [0.1, 0.15) is 28.5 Å². The van der Waals surface area contributed by atoms with Gasteiger partial charge in [0.1, 0.15) is 5.38 Å². The highest BCUT2D eigenvalue weighted by atomic mass is 79.9. The number of hydrogen-bond acceptors (Lipinski definition) is 2. The van der Waals surface area contributed by atoms with Gasteiger partial charge in [0.2, 0.25) is 5.91 Å². The number of nitrogens with one attached hydrogen (secondary N) is 1. The van der Waals surface area contributed by atoms with Crippen molar-refractivity contribution in [2.24, 2.45) is 0 Å². The predicted octanol–water partition coefficient (Wildman–Crippen LogP) is 3.63. The van der Waals surface area contributed by atoms with Crippen molar-refractivity contribution >= 4 is 44.8 Å². The predicted molar refractivity (Wildman–Crippen MR) is 68.7 cm³/mol. The van der Waals surface area contributed by atoms with Crippen LogP contribution in [0.3, 0.4) is 0 Å². The molecule has 0 saturated carbocycles. The number of amides is 1. The van der Waals surface area contributed by atoms with Crippen molar-refractivity contribution in [2.45, 2.75) is 25.6 Å². The summed E-state index contributed by atoms with van der Waals surface area (Å²) in [4.78, 5) is 13.6. The van der Waals surface area contributed by atoms with Gasteiger partial charge in [-0.05, 0) is 35.3 Å². The average molecular weight is 311 g/mol. The quantitative estimate of drug-likeness (QED) is 0.846. The summed E-state index contributed by atoms with van der Waals surface area (Å²) < 4.78 is 1.01. The molecule has 0 bridgehead atoms. The fourth-order valence-electron chi connectivity index (χ4n) is 1.07. The maximum atomic E-state index is 11.6. The summed E-state index contributed by atoms with van der Waals surface area (Å²) in [7, 11) is 0. The molecule has 1 unspecified atom stereocenters. The first kappa shape index (κ1) is 13.0. The lowest BCUT2D eigenvalue weighted by atomic mass is 10.3. The topological polar surface area (TPSA) is 29.1 Å². The first-order valence-corrected chi connectivity index (χ1v) is 6.78. The van der Waals surface area contributed by atoms with Gasteiger partial charge in [-0.2, -0.15) is 0 Å². The molecule has 0 saturated heterocycles. The van der Waals surface area contributed by atoms with E-state index in [1.807, 2.05) is 19.9 Å². The summed E-state index contributed by atoms with van der Waals surface area (Å²) >= 11 is 11.0. The van der Waals surface area contributed by atoms with Crippen molar-refractivity contribution < 1.29 is 4.79 Å². The van der Waals surface area contributed by atoms with Crippen LogP contribution < -0.4 is 5.32 Å². The smallest absolute Gasteiger partial charge is 0.243 e. The molecule has 15 heavy (non-hydrogen) atoms. The molecule has 0 aliphatic carbocycles. The number of alkyl halides is 1. The van der Waals surface area contributed by atoms with Gasteiger partial charge in [-0.15, -0.1) is 22.9 Å². The fraction of sp³-hybridized carbons (Fsp3) is 0.500. The Morgan fingerprint density at radius 1 is 1.73 bits per heavy atom. The minimum Gasteiger partial charge on any atom is -0.355 e. The van der Waals surface area contributed by atoms with Crippen molar-refractivity contribution in [2.75, 3.05) is 6.54 Å². The summed E-state index contributed by atoms with van der Waals surface area (Å²) in [6.45, 7) is 4.68. The summed E-state index contributed by atoms with van der Waals surface area (Å²) in [6, 6.07) is 1.91. The molecule has 1 N–H and O–H groups in total. The van der Waals surface area contributed by atoms with Crippen LogP contribution in [-0.4, -0.2) is 12.5 Å². The maximum absolute atomic E-state index is 11.6. The van der Waals surface area contributed by atoms with Crippen LogP contribution in [0.25, 0.3) is 0 Å². The Morgan fingerprint density at radius 3 is 2.87 bits per heavy atom. The second-order valence-corrected chi connectivity index (χ2v) is 5.79. The normalized spacial score (nSPS) is 12.5. The van der Waals surface area contributed by atoms with E-state index >= 15 is 0 Å². The lowest BCUT2D eigenvalue weighted by Gasteiger charge is -2.07. The molecule has 0 radical (unpaired) electrons. The van der Waals surface area contributed by atoms with Crippen LogP contribution in [0.4, 0.5) is 0 Å². The average Bonchev–Trinajstić information content (AvgIpc) is 2.54. The van der Waals surface area contributed by atoms with Crippen molar-refractivity contribution in [3.05, 3.63) is 20.3 Å². The number of carbonyl (C=O) groups excluding carboxylic acids is 1. The second kappa shape index (κ2) is 5.87. The third-order valence-electron chi connectivity index (χ3n) is 1.91. The summed E-state index contributed by atoms with van der Waals surface area (Å²) in [5, 5.41) is 2.20. The van der Waals surface area contributed by atoms with Crippen molar-refractivity contribution in [3.8, 4) is 0 Å². The lowest BCUT2D eigenvalue weighted by Crippen LogP contribution is -2.27. The fourth-order valence-corrected chi connectivity index (χ4v) is 2.89. The molecule has 0 aliphatic rings. The Morgan fingerprint density at radius 2 is 2.40 bits per heavy atom. The Labute approximate surface area is 107 Å². The second-order valence-electron chi connectivity index (χ2n) is 3.21. The van der Waals surface area contributed by atoms with Crippen molar-refractivity contribution in [1.82, 2.24) is 5.32 Å². The summed E-state index contributed by atoms with van der Waals surface area (Å²) in [5.41, 5.74) is 0. The van der Waals surface area contributed by atoms with E-state index < -0.39 is 5.38 Å². The van der Waals surface area contributed by atoms with E-state index in [1.54, 1.807) is 11.3 Å². The first-order chi connectivity index (χ1) is 7.06. The van der Waals surface area contributed by atoms with E-state index in [-0.39, 0.29) is 5.91 Å². The van der Waals surface area contributed by atoms with Gasteiger partial charge in [0.05, 0.1) is 0 Å². The van der Waals surface area contributed by atoms with Crippen LogP contribution in [0.5, 0.6) is 0 Å². The van der Waals surface area contributed by atoms with Crippen LogP contribution in [0.2, 0.25) is 0 Å². The molecular formula is C10H13BrClNOS.